The van der Waals surface area contributed by atoms with E-state index in [1.165, 1.54) is 0 Å². The summed E-state index contributed by atoms with van der Waals surface area (Å²) in [5.74, 6) is 0.613. The Kier molecular flexibility index (Phi) is 4.24. The molecule has 1 amide bonds. The predicted molar refractivity (Wildman–Crippen MR) is 78.4 cm³/mol. The van der Waals surface area contributed by atoms with E-state index < -0.39 is 0 Å². The molecule has 1 saturated heterocycles. The minimum absolute atomic E-state index is 0.131. The van der Waals surface area contributed by atoms with Gasteiger partial charge >= 0.3 is 0 Å². The van der Waals surface area contributed by atoms with Gasteiger partial charge in [-0.25, -0.2) is 0 Å². The standard InChI is InChI=1S/C15H20N4O3/c1-3-4-11-7-12(18-22-11)15(20)19-5-6-21-9-13(19)14-10(2)8-16-17-14/h7-8,13H,3-6,9H2,1-2H3,(H,16,17)/t13-/m0/s1. The minimum Gasteiger partial charge on any atom is -0.377 e. The number of rotatable bonds is 4. The number of H-pyrrole nitrogens is 1. The summed E-state index contributed by atoms with van der Waals surface area (Å²) in [5, 5.41) is 10.9. The Labute approximate surface area is 128 Å². The second-order valence-electron chi connectivity index (χ2n) is 5.48. The van der Waals surface area contributed by atoms with E-state index in [9.17, 15) is 4.79 Å². The van der Waals surface area contributed by atoms with Crippen LogP contribution in [0.5, 0.6) is 0 Å². The fourth-order valence-corrected chi connectivity index (χ4v) is 2.70. The maximum atomic E-state index is 12.7. The van der Waals surface area contributed by atoms with Gasteiger partial charge in [0.25, 0.3) is 5.91 Å². The van der Waals surface area contributed by atoms with E-state index in [1.807, 2.05) is 6.92 Å². The van der Waals surface area contributed by atoms with Gasteiger partial charge in [0.1, 0.15) is 5.76 Å². The molecule has 0 bridgehead atoms. The van der Waals surface area contributed by atoms with Crippen molar-refractivity contribution in [3.8, 4) is 0 Å². The number of amides is 1. The molecule has 1 aliphatic heterocycles. The maximum absolute atomic E-state index is 12.7. The van der Waals surface area contributed by atoms with Gasteiger partial charge in [-0.2, -0.15) is 5.10 Å². The molecule has 1 N–H and O–H groups in total. The summed E-state index contributed by atoms with van der Waals surface area (Å²) in [6.45, 7) is 5.52. The smallest absolute Gasteiger partial charge is 0.276 e. The minimum atomic E-state index is -0.171. The van der Waals surface area contributed by atoms with Gasteiger partial charge in [-0.05, 0) is 18.9 Å². The summed E-state index contributed by atoms with van der Waals surface area (Å²) in [7, 11) is 0. The Bertz CT molecular complexity index is 649. The Morgan fingerprint density at radius 2 is 2.41 bits per heavy atom. The van der Waals surface area contributed by atoms with Crippen LogP contribution in [0.3, 0.4) is 0 Å². The summed E-state index contributed by atoms with van der Waals surface area (Å²) >= 11 is 0. The molecule has 3 rings (SSSR count). The molecule has 0 aliphatic carbocycles. The molecule has 1 aliphatic rings. The number of aromatic nitrogens is 3. The molecule has 7 nitrogen and oxygen atoms in total. The largest absolute Gasteiger partial charge is 0.377 e. The van der Waals surface area contributed by atoms with Crippen LogP contribution in [0.1, 0.15) is 46.9 Å². The van der Waals surface area contributed by atoms with Crippen LogP contribution < -0.4 is 0 Å². The molecule has 22 heavy (non-hydrogen) atoms. The Morgan fingerprint density at radius 1 is 1.55 bits per heavy atom. The Morgan fingerprint density at radius 3 is 3.14 bits per heavy atom. The molecule has 118 valence electrons. The predicted octanol–water partition coefficient (Wildman–Crippen LogP) is 1.87. The lowest BCUT2D eigenvalue weighted by Gasteiger charge is -2.34. The maximum Gasteiger partial charge on any atom is 0.276 e. The SMILES string of the molecule is CCCc1cc(C(=O)N2CCOC[C@H]2c2[nH]ncc2C)no1. The van der Waals surface area contributed by atoms with Crippen LogP contribution in [0, 0.1) is 6.92 Å². The first-order valence-electron chi connectivity index (χ1n) is 7.55. The van der Waals surface area contributed by atoms with Crippen molar-refractivity contribution in [1.29, 1.82) is 0 Å². The van der Waals surface area contributed by atoms with E-state index in [-0.39, 0.29) is 11.9 Å². The van der Waals surface area contributed by atoms with Gasteiger partial charge in [0.2, 0.25) is 0 Å². The summed E-state index contributed by atoms with van der Waals surface area (Å²) in [6.07, 6.45) is 3.49. The van der Waals surface area contributed by atoms with Gasteiger partial charge in [0.15, 0.2) is 5.69 Å². The third kappa shape index (κ3) is 2.76. The molecule has 0 saturated carbocycles. The van der Waals surface area contributed by atoms with Crippen molar-refractivity contribution in [1.82, 2.24) is 20.3 Å². The second kappa shape index (κ2) is 6.31. The van der Waals surface area contributed by atoms with Crippen LogP contribution in [-0.2, 0) is 11.2 Å². The van der Waals surface area contributed by atoms with Crippen LogP contribution in [0.2, 0.25) is 0 Å². The van der Waals surface area contributed by atoms with Crippen LogP contribution in [0.4, 0.5) is 0 Å². The van der Waals surface area contributed by atoms with Gasteiger partial charge in [0.05, 0.1) is 31.1 Å². The van der Waals surface area contributed by atoms with Crippen molar-refractivity contribution >= 4 is 5.91 Å². The van der Waals surface area contributed by atoms with Crippen LogP contribution in [-0.4, -0.2) is 45.9 Å². The molecule has 2 aromatic heterocycles. The number of ether oxygens (including phenoxy) is 1. The highest BCUT2D eigenvalue weighted by Gasteiger charge is 2.32. The number of nitrogens with one attached hydrogen (secondary N) is 1. The van der Waals surface area contributed by atoms with Crippen LogP contribution in [0.15, 0.2) is 16.8 Å². The van der Waals surface area contributed by atoms with Crippen molar-refractivity contribution in [2.45, 2.75) is 32.7 Å². The van der Waals surface area contributed by atoms with E-state index >= 15 is 0 Å². The van der Waals surface area contributed by atoms with Crippen LogP contribution >= 0.6 is 0 Å². The highest BCUT2D eigenvalue weighted by Crippen LogP contribution is 2.26. The quantitative estimate of drug-likeness (QED) is 0.932. The molecule has 0 radical (unpaired) electrons. The molecule has 3 heterocycles. The molecule has 1 atom stereocenters. The number of hydrogen-bond donors (Lipinski definition) is 1. The van der Waals surface area contributed by atoms with E-state index in [2.05, 4.69) is 22.3 Å². The van der Waals surface area contributed by atoms with E-state index in [0.29, 0.717) is 25.5 Å². The van der Waals surface area contributed by atoms with E-state index in [1.54, 1.807) is 17.2 Å². The van der Waals surface area contributed by atoms with Gasteiger partial charge in [-0.1, -0.05) is 12.1 Å². The fraction of sp³-hybridized carbons (Fsp3) is 0.533. The topological polar surface area (TPSA) is 84.2 Å². The van der Waals surface area contributed by atoms with Crippen molar-refractivity contribution in [3.63, 3.8) is 0 Å². The third-order valence-corrected chi connectivity index (χ3v) is 3.87. The van der Waals surface area contributed by atoms with Gasteiger partial charge in [-0.3, -0.25) is 9.89 Å². The number of nitrogens with zero attached hydrogens (tertiary/aromatic N) is 3. The number of carbonyl (C=O) groups is 1. The number of morpholine rings is 1. The summed E-state index contributed by atoms with van der Waals surface area (Å²) in [5.41, 5.74) is 2.28. The molecule has 0 aromatic carbocycles. The number of hydrogen-bond acceptors (Lipinski definition) is 5. The molecule has 2 aromatic rings. The number of carbonyl (C=O) groups excluding carboxylic acids is 1. The highest BCUT2D eigenvalue weighted by atomic mass is 16.5. The zero-order chi connectivity index (χ0) is 15.5. The first-order chi connectivity index (χ1) is 10.7. The normalized spacial score (nSPS) is 18.6. The number of aryl methyl sites for hydroxylation is 2. The lowest BCUT2D eigenvalue weighted by molar-refractivity contribution is -0.00457. The lowest BCUT2D eigenvalue weighted by atomic mass is 10.1. The van der Waals surface area contributed by atoms with E-state index in [4.69, 9.17) is 9.26 Å². The molecular formula is C15H20N4O3. The monoisotopic (exact) mass is 304 g/mol. The van der Waals surface area contributed by atoms with Crippen molar-refractivity contribution in [2.24, 2.45) is 0 Å². The first kappa shape index (κ1) is 14.8. The summed E-state index contributed by atoms with van der Waals surface area (Å²) < 4.78 is 10.8. The summed E-state index contributed by atoms with van der Waals surface area (Å²) in [6, 6.07) is 1.56. The van der Waals surface area contributed by atoms with Crippen molar-refractivity contribution in [3.05, 3.63) is 35.0 Å². The molecule has 0 unspecified atom stereocenters. The van der Waals surface area contributed by atoms with Gasteiger partial charge in [-0.15, -0.1) is 0 Å². The first-order valence-corrected chi connectivity index (χ1v) is 7.55. The van der Waals surface area contributed by atoms with Crippen molar-refractivity contribution < 1.29 is 14.1 Å². The molecule has 0 spiro atoms. The van der Waals surface area contributed by atoms with Gasteiger partial charge < -0.3 is 14.2 Å². The Balaban J connectivity index is 1.83. The lowest BCUT2D eigenvalue weighted by Crippen LogP contribution is -2.44. The zero-order valence-electron chi connectivity index (χ0n) is 12.8. The van der Waals surface area contributed by atoms with Gasteiger partial charge in [0, 0.05) is 19.0 Å². The fourth-order valence-electron chi connectivity index (χ4n) is 2.70. The van der Waals surface area contributed by atoms with Crippen molar-refractivity contribution in [2.75, 3.05) is 19.8 Å². The molecule has 1 fully saturated rings. The summed E-state index contributed by atoms with van der Waals surface area (Å²) in [4.78, 5) is 14.5. The third-order valence-electron chi connectivity index (χ3n) is 3.87. The van der Waals surface area contributed by atoms with E-state index in [0.717, 1.165) is 29.9 Å². The molecule has 7 heteroatoms. The number of aromatic amines is 1. The average Bonchev–Trinajstić information content (AvgIpc) is 3.16. The second-order valence-corrected chi connectivity index (χ2v) is 5.48. The Hall–Kier alpha value is -2.15. The highest BCUT2D eigenvalue weighted by molar-refractivity contribution is 5.92. The van der Waals surface area contributed by atoms with Crippen LogP contribution in [0.25, 0.3) is 0 Å². The zero-order valence-corrected chi connectivity index (χ0v) is 12.8. The molecular weight excluding hydrogens is 284 g/mol. The average molecular weight is 304 g/mol.